The lowest BCUT2D eigenvalue weighted by molar-refractivity contribution is 0.0600. The molecule has 2 N–H and O–H groups in total. The summed E-state index contributed by atoms with van der Waals surface area (Å²) in [5, 5.41) is 5.36. The Kier molecular flexibility index (Phi) is 6.06. The second-order valence-corrected chi connectivity index (χ2v) is 5.10. The highest BCUT2D eigenvalue weighted by Gasteiger charge is 2.10. The molecule has 0 saturated carbocycles. The SMILES string of the molecule is C=CCNC(=O)c1ccc(C(=O)Nc2cccc(C(=O)OC)c2)cc1. The molecule has 25 heavy (non-hydrogen) atoms. The Hall–Kier alpha value is -3.41. The molecule has 0 aromatic heterocycles. The van der Waals surface area contributed by atoms with Crippen LogP contribution in [0.5, 0.6) is 0 Å². The van der Waals surface area contributed by atoms with E-state index in [9.17, 15) is 14.4 Å². The van der Waals surface area contributed by atoms with Crippen LogP contribution >= 0.6 is 0 Å². The van der Waals surface area contributed by atoms with Crippen molar-refractivity contribution < 1.29 is 19.1 Å². The first-order chi connectivity index (χ1) is 12.0. The van der Waals surface area contributed by atoms with Crippen LogP contribution in [0, 0.1) is 0 Å². The fourth-order valence-electron chi connectivity index (χ4n) is 2.08. The molecule has 0 aliphatic carbocycles. The molecule has 6 heteroatoms. The van der Waals surface area contributed by atoms with Gasteiger partial charge in [0.25, 0.3) is 11.8 Å². The zero-order valence-corrected chi connectivity index (χ0v) is 13.7. The van der Waals surface area contributed by atoms with Crippen LogP contribution in [0.15, 0.2) is 61.2 Å². The number of methoxy groups -OCH3 is 1. The van der Waals surface area contributed by atoms with Crippen molar-refractivity contribution in [2.45, 2.75) is 0 Å². The number of nitrogens with one attached hydrogen (secondary N) is 2. The number of ether oxygens (including phenoxy) is 1. The lowest BCUT2D eigenvalue weighted by Gasteiger charge is -2.08. The summed E-state index contributed by atoms with van der Waals surface area (Å²) in [6, 6.07) is 12.7. The molecule has 0 heterocycles. The summed E-state index contributed by atoms with van der Waals surface area (Å²) < 4.78 is 4.65. The molecule has 0 spiro atoms. The fourth-order valence-corrected chi connectivity index (χ4v) is 2.08. The molecule has 0 unspecified atom stereocenters. The Balaban J connectivity index is 2.07. The monoisotopic (exact) mass is 338 g/mol. The third-order valence-electron chi connectivity index (χ3n) is 3.36. The van der Waals surface area contributed by atoms with Crippen molar-refractivity contribution in [3.05, 3.63) is 77.9 Å². The summed E-state index contributed by atoms with van der Waals surface area (Å²) in [4.78, 5) is 35.6. The van der Waals surface area contributed by atoms with Crippen molar-refractivity contribution in [1.82, 2.24) is 5.32 Å². The van der Waals surface area contributed by atoms with Crippen molar-refractivity contribution in [2.24, 2.45) is 0 Å². The molecule has 2 aromatic rings. The van der Waals surface area contributed by atoms with E-state index < -0.39 is 5.97 Å². The van der Waals surface area contributed by atoms with E-state index in [2.05, 4.69) is 21.9 Å². The minimum atomic E-state index is -0.481. The average Bonchev–Trinajstić information content (AvgIpc) is 2.65. The molecule has 6 nitrogen and oxygen atoms in total. The van der Waals surface area contributed by atoms with E-state index in [4.69, 9.17) is 0 Å². The standard InChI is InChI=1S/C19H18N2O4/c1-3-11-20-17(22)13-7-9-14(10-8-13)18(23)21-16-6-4-5-15(12-16)19(24)25-2/h3-10,12H,1,11H2,2H3,(H,20,22)(H,21,23). The van der Waals surface area contributed by atoms with Gasteiger partial charge in [0.1, 0.15) is 0 Å². The van der Waals surface area contributed by atoms with Gasteiger partial charge in [0.15, 0.2) is 0 Å². The predicted molar refractivity (Wildman–Crippen MR) is 94.7 cm³/mol. The highest BCUT2D eigenvalue weighted by atomic mass is 16.5. The Labute approximate surface area is 145 Å². The Bertz CT molecular complexity index is 797. The van der Waals surface area contributed by atoms with Crippen LogP contribution in [0.4, 0.5) is 5.69 Å². The van der Waals surface area contributed by atoms with Gasteiger partial charge in [-0.3, -0.25) is 9.59 Å². The van der Waals surface area contributed by atoms with E-state index >= 15 is 0 Å². The van der Waals surface area contributed by atoms with E-state index in [0.717, 1.165) is 0 Å². The highest BCUT2D eigenvalue weighted by Crippen LogP contribution is 2.13. The lowest BCUT2D eigenvalue weighted by Crippen LogP contribution is -2.23. The van der Waals surface area contributed by atoms with Gasteiger partial charge in [-0.2, -0.15) is 0 Å². The van der Waals surface area contributed by atoms with Crippen LogP contribution in [-0.4, -0.2) is 31.4 Å². The molecular weight excluding hydrogens is 320 g/mol. The van der Waals surface area contributed by atoms with Gasteiger partial charge in [-0.1, -0.05) is 12.1 Å². The number of hydrogen-bond acceptors (Lipinski definition) is 4. The smallest absolute Gasteiger partial charge is 0.337 e. The molecule has 0 saturated heterocycles. The topological polar surface area (TPSA) is 84.5 Å². The fraction of sp³-hybridized carbons (Fsp3) is 0.105. The quantitative estimate of drug-likeness (QED) is 0.626. The van der Waals surface area contributed by atoms with E-state index in [0.29, 0.717) is 28.9 Å². The van der Waals surface area contributed by atoms with Crippen LogP contribution in [0.1, 0.15) is 31.1 Å². The second-order valence-electron chi connectivity index (χ2n) is 5.10. The number of carbonyl (C=O) groups is 3. The summed E-state index contributed by atoms with van der Waals surface area (Å²) in [5.41, 5.74) is 1.66. The lowest BCUT2D eigenvalue weighted by atomic mass is 10.1. The second kappa shape index (κ2) is 8.44. The first-order valence-corrected chi connectivity index (χ1v) is 7.54. The maximum absolute atomic E-state index is 12.3. The summed E-state index contributed by atoms with van der Waals surface area (Å²) in [6.07, 6.45) is 1.59. The van der Waals surface area contributed by atoms with Gasteiger partial charge < -0.3 is 15.4 Å². The van der Waals surface area contributed by atoms with Gasteiger partial charge in [-0.15, -0.1) is 6.58 Å². The van der Waals surface area contributed by atoms with Crippen LogP contribution in [0.3, 0.4) is 0 Å². The third-order valence-corrected chi connectivity index (χ3v) is 3.36. The Morgan fingerprint density at radius 1 is 1.00 bits per heavy atom. The van der Waals surface area contributed by atoms with Gasteiger partial charge >= 0.3 is 5.97 Å². The van der Waals surface area contributed by atoms with Gasteiger partial charge in [-0.25, -0.2) is 4.79 Å². The highest BCUT2D eigenvalue weighted by molar-refractivity contribution is 6.05. The van der Waals surface area contributed by atoms with Crippen LogP contribution in [0.25, 0.3) is 0 Å². The molecule has 128 valence electrons. The molecule has 0 radical (unpaired) electrons. The van der Waals surface area contributed by atoms with Gasteiger partial charge in [0, 0.05) is 23.4 Å². The minimum absolute atomic E-state index is 0.238. The third kappa shape index (κ3) is 4.78. The van der Waals surface area contributed by atoms with E-state index in [-0.39, 0.29) is 11.8 Å². The van der Waals surface area contributed by atoms with E-state index in [1.807, 2.05) is 0 Å². The summed E-state index contributed by atoms with van der Waals surface area (Å²) >= 11 is 0. The van der Waals surface area contributed by atoms with Gasteiger partial charge in [0.05, 0.1) is 12.7 Å². The molecule has 2 aromatic carbocycles. The summed E-state index contributed by atoms with van der Waals surface area (Å²) in [6.45, 7) is 3.90. The minimum Gasteiger partial charge on any atom is -0.465 e. The zero-order chi connectivity index (χ0) is 18.2. The van der Waals surface area contributed by atoms with Crippen molar-refractivity contribution in [1.29, 1.82) is 0 Å². The van der Waals surface area contributed by atoms with E-state index in [1.165, 1.54) is 13.2 Å². The number of anilines is 1. The predicted octanol–water partition coefficient (Wildman–Crippen LogP) is 2.64. The first kappa shape index (κ1) is 17.9. The molecular formula is C19H18N2O4. The van der Waals surface area contributed by atoms with Crippen LogP contribution in [0.2, 0.25) is 0 Å². The molecule has 0 fully saturated rings. The van der Waals surface area contributed by atoms with E-state index in [1.54, 1.807) is 48.5 Å². The normalized spacial score (nSPS) is 9.80. The van der Waals surface area contributed by atoms with Crippen molar-refractivity contribution in [2.75, 3.05) is 19.0 Å². The molecule has 2 rings (SSSR count). The van der Waals surface area contributed by atoms with Gasteiger partial charge in [0.2, 0.25) is 0 Å². The van der Waals surface area contributed by atoms with Crippen molar-refractivity contribution in [3.63, 3.8) is 0 Å². The number of amides is 2. The maximum Gasteiger partial charge on any atom is 0.337 e. The first-order valence-electron chi connectivity index (χ1n) is 7.54. The Morgan fingerprint density at radius 2 is 1.64 bits per heavy atom. The van der Waals surface area contributed by atoms with Gasteiger partial charge in [-0.05, 0) is 42.5 Å². The largest absolute Gasteiger partial charge is 0.465 e. The number of benzene rings is 2. The van der Waals surface area contributed by atoms with Crippen LogP contribution < -0.4 is 10.6 Å². The number of hydrogen-bond donors (Lipinski definition) is 2. The summed E-state index contributed by atoms with van der Waals surface area (Å²) in [7, 11) is 1.29. The van der Waals surface area contributed by atoms with Crippen LogP contribution in [-0.2, 0) is 4.74 Å². The Morgan fingerprint density at radius 3 is 2.24 bits per heavy atom. The number of esters is 1. The average molecular weight is 338 g/mol. The maximum atomic E-state index is 12.3. The molecule has 2 amide bonds. The number of rotatable bonds is 6. The van der Waals surface area contributed by atoms with Crippen molar-refractivity contribution >= 4 is 23.5 Å². The molecule has 0 aliphatic heterocycles. The molecule has 0 bridgehead atoms. The van der Waals surface area contributed by atoms with Crippen molar-refractivity contribution in [3.8, 4) is 0 Å². The number of carbonyl (C=O) groups excluding carboxylic acids is 3. The summed E-state index contributed by atoms with van der Waals surface area (Å²) in [5.74, 6) is -1.07. The molecule has 0 atom stereocenters. The molecule has 0 aliphatic rings. The zero-order valence-electron chi connectivity index (χ0n) is 13.7.